The molecule has 1 saturated carbocycles. The largest absolute Gasteiger partial charge is 0.484 e. The van der Waals surface area contributed by atoms with Crippen molar-refractivity contribution in [3.63, 3.8) is 0 Å². The Bertz CT molecular complexity index is 651. The molecule has 4 rings (SSSR count). The maximum absolute atomic E-state index is 10.3. The van der Waals surface area contributed by atoms with Crippen LogP contribution in [-0.2, 0) is 0 Å². The summed E-state index contributed by atoms with van der Waals surface area (Å²) in [6.45, 7) is 0. The molecule has 2 aliphatic rings. The predicted octanol–water partition coefficient (Wildman–Crippen LogP) is 3.54. The van der Waals surface area contributed by atoms with Crippen LogP contribution >= 0.6 is 15.9 Å². The highest BCUT2D eigenvalue weighted by molar-refractivity contribution is 9.10. The molecule has 0 amide bonds. The molecular weight excluding hydrogens is 320 g/mol. The van der Waals surface area contributed by atoms with Crippen LogP contribution in [0.2, 0.25) is 0 Å². The molecule has 0 bridgehead atoms. The van der Waals surface area contributed by atoms with Gasteiger partial charge in [-0.2, -0.15) is 0 Å². The van der Waals surface area contributed by atoms with E-state index in [-0.39, 0.29) is 6.10 Å². The lowest BCUT2D eigenvalue weighted by Gasteiger charge is -2.30. The number of fused-ring (bicyclic) bond motifs is 1. The van der Waals surface area contributed by atoms with Gasteiger partial charge in [0, 0.05) is 22.5 Å². The summed E-state index contributed by atoms with van der Waals surface area (Å²) >= 11 is 3.45. The van der Waals surface area contributed by atoms with Gasteiger partial charge < -0.3 is 14.4 Å². The van der Waals surface area contributed by atoms with Gasteiger partial charge in [0.2, 0.25) is 0 Å². The topological polar surface area (TPSA) is 47.3 Å². The van der Waals surface area contributed by atoms with E-state index in [4.69, 9.17) is 4.74 Å². The number of nitrogens with zero attached hydrogens (tertiary/aromatic N) is 2. The molecular formula is C15H15BrN2O2. The lowest BCUT2D eigenvalue weighted by molar-refractivity contribution is 0.0617. The van der Waals surface area contributed by atoms with E-state index in [1.54, 1.807) is 0 Å². The first kappa shape index (κ1) is 12.4. The molecule has 4 nitrogen and oxygen atoms in total. The second-order valence-corrected chi connectivity index (χ2v) is 6.41. The molecule has 1 N–H and O–H groups in total. The van der Waals surface area contributed by atoms with Gasteiger partial charge in [-0.3, -0.25) is 0 Å². The van der Waals surface area contributed by atoms with Crippen molar-refractivity contribution in [2.45, 2.75) is 37.5 Å². The summed E-state index contributed by atoms with van der Waals surface area (Å²) in [7, 11) is 0. The number of benzene rings is 1. The minimum Gasteiger partial charge on any atom is -0.484 e. The number of aliphatic hydroxyl groups is 1. The number of aliphatic hydroxyl groups excluding tert-OH is 1. The molecule has 2 atom stereocenters. The first-order valence-electron chi connectivity index (χ1n) is 6.88. The standard InChI is InChI=1S/C15H15BrN2O2/c16-9-1-4-11-13(19)6-15(20-14(11)5-9)12-7-17-8-18(12)10-2-3-10/h1,4-5,7-8,10,13,15,19H,2-3,6H2. The van der Waals surface area contributed by atoms with Crippen LogP contribution in [0.15, 0.2) is 35.2 Å². The van der Waals surface area contributed by atoms with Gasteiger partial charge in [0.1, 0.15) is 11.9 Å². The molecule has 5 heteroatoms. The third-order valence-electron chi connectivity index (χ3n) is 4.01. The van der Waals surface area contributed by atoms with Crippen LogP contribution in [0, 0.1) is 0 Å². The lowest BCUT2D eigenvalue weighted by atomic mass is 9.97. The fourth-order valence-corrected chi connectivity index (χ4v) is 3.16. The lowest BCUT2D eigenvalue weighted by Crippen LogP contribution is -2.21. The fourth-order valence-electron chi connectivity index (χ4n) is 2.82. The molecule has 1 aliphatic heterocycles. The number of aromatic nitrogens is 2. The molecule has 2 aromatic rings. The Hall–Kier alpha value is -1.33. The summed E-state index contributed by atoms with van der Waals surface area (Å²) in [5, 5.41) is 10.3. The highest BCUT2D eigenvalue weighted by Gasteiger charge is 2.33. The van der Waals surface area contributed by atoms with Crippen molar-refractivity contribution in [3.05, 3.63) is 46.5 Å². The van der Waals surface area contributed by atoms with Gasteiger partial charge in [-0.25, -0.2) is 4.98 Å². The van der Waals surface area contributed by atoms with Crippen molar-refractivity contribution in [3.8, 4) is 5.75 Å². The minimum absolute atomic E-state index is 0.130. The maximum Gasteiger partial charge on any atom is 0.143 e. The molecule has 0 radical (unpaired) electrons. The quantitative estimate of drug-likeness (QED) is 0.913. The summed E-state index contributed by atoms with van der Waals surface area (Å²) in [5.41, 5.74) is 1.93. The van der Waals surface area contributed by atoms with E-state index in [1.165, 1.54) is 12.8 Å². The number of ether oxygens (including phenoxy) is 1. The first-order valence-corrected chi connectivity index (χ1v) is 7.67. The Labute approximate surface area is 125 Å². The second kappa shape index (κ2) is 4.60. The van der Waals surface area contributed by atoms with Gasteiger partial charge in [0.15, 0.2) is 0 Å². The number of rotatable bonds is 2. The second-order valence-electron chi connectivity index (χ2n) is 5.50. The van der Waals surface area contributed by atoms with Crippen molar-refractivity contribution < 1.29 is 9.84 Å². The first-order chi connectivity index (χ1) is 9.72. The highest BCUT2D eigenvalue weighted by atomic mass is 79.9. The van der Waals surface area contributed by atoms with Crippen LogP contribution in [0.4, 0.5) is 0 Å². The Balaban J connectivity index is 1.69. The van der Waals surface area contributed by atoms with Gasteiger partial charge in [-0.05, 0) is 25.0 Å². The van der Waals surface area contributed by atoms with Gasteiger partial charge in [-0.15, -0.1) is 0 Å². The van der Waals surface area contributed by atoms with E-state index in [9.17, 15) is 5.11 Å². The van der Waals surface area contributed by atoms with Crippen LogP contribution in [0.5, 0.6) is 5.75 Å². The van der Waals surface area contributed by atoms with E-state index in [0.717, 1.165) is 21.5 Å². The van der Waals surface area contributed by atoms with Crippen LogP contribution < -0.4 is 4.74 Å². The summed E-state index contributed by atoms with van der Waals surface area (Å²) in [6.07, 6.45) is 6.11. The van der Waals surface area contributed by atoms with Crippen LogP contribution in [0.25, 0.3) is 0 Å². The van der Waals surface area contributed by atoms with E-state index in [2.05, 4.69) is 25.5 Å². The summed E-state index contributed by atoms with van der Waals surface area (Å²) in [4.78, 5) is 4.25. The maximum atomic E-state index is 10.3. The van der Waals surface area contributed by atoms with Crippen molar-refractivity contribution in [2.75, 3.05) is 0 Å². The van der Waals surface area contributed by atoms with Gasteiger partial charge in [-0.1, -0.05) is 22.0 Å². The van der Waals surface area contributed by atoms with Crippen LogP contribution in [-0.4, -0.2) is 14.7 Å². The zero-order valence-corrected chi connectivity index (χ0v) is 12.5. The molecule has 1 aromatic carbocycles. The third-order valence-corrected chi connectivity index (χ3v) is 4.50. The average Bonchev–Trinajstić information content (AvgIpc) is 3.15. The monoisotopic (exact) mass is 334 g/mol. The molecule has 2 heterocycles. The van der Waals surface area contributed by atoms with E-state index in [0.29, 0.717) is 12.5 Å². The molecule has 1 fully saturated rings. The molecule has 0 spiro atoms. The van der Waals surface area contributed by atoms with Gasteiger partial charge in [0.25, 0.3) is 0 Å². The zero-order valence-electron chi connectivity index (χ0n) is 10.9. The van der Waals surface area contributed by atoms with Crippen molar-refractivity contribution in [1.29, 1.82) is 0 Å². The number of hydrogen-bond donors (Lipinski definition) is 1. The van der Waals surface area contributed by atoms with Crippen LogP contribution in [0.3, 0.4) is 0 Å². The Kier molecular flexibility index (Phi) is 2.86. The fraction of sp³-hybridized carbons (Fsp3) is 0.400. The van der Waals surface area contributed by atoms with E-state index in [1.807, 2.05) is 30.7 Å². The van der Waals surface area contributed by atoms with Crippen molar-refractivity contribution in [1.82, 2.24) is 9.55 Å². The Morgan fingerprint density at radius 3 is 3.00 bits per heavy atom. The zero-order chi connectivity index (χ0) is 13.7. The predicted molar refractivity (Wildman–Crippen MR) is 77.6 cm³/mol. The summed E-state index contributed by atoms with van der Waals surface area (Å²) in [6, 6.07) is 6.33. The Morgan fingerprint density at radius 2 is 2.20 bits per heavy atom. The molecule has 2 unspecified atom stereocenters. The van der Waals surface area contributed by atoms with E-state index < -0.39 is 6.10 Å². The van der Waals surface area contributed by atoms with E-state index >= 15 is 0 Å². The molecule has 0 saturated heterocycles. The normalized spacial score (nSPS) is 25.1. The summed E-state index contributed by atoms with van der Waals surface area (Å²) in [5.74, 6) is 0.756. The van der Waals surface area contributed by atoms with Crippen molar-refractivity contribution in [2.24, 2.45) is 0 Å². The third kappa shape index (κ3) is 2.05. The summed E-state index contributed by atoms with van der Waals surface area (Å²) < 4.78 is 9.25. The van der Waals surface area contributed by atoms with Gasteiger partial charge >= 0.3 is 0 Å². The minimum atomic E-state index is -0.487. The smallest absolute Gasteiger partial charge is 0.143 e. The Morgan fingerprint density at radius 1 is 1.35 bits per heavy atom. The number of imidazole rings is 1. The number of halogens is 1. The van der Waals surface area contributed by atoms with Crippen LogP contribution in [0.1, 0.15) is 48.8 Å². The molecule has 20 heavy (non-hydrogen) atoms. The molecule has 1 aromatic heterocycles. The SMILES string of the molecule is OC1CC(c2cncn2C2CC2)Oc2cc(Br)ccc21. The highest BCUT2D eigenvalue weighted by Crippen LogP contribution is 2.44. The average molecular weight is 335 g/mol. The van der Waals surface area contributed by atoms with Gasteiger partial charge in [0.05, 0.1) is 24.3 Å². The molecule has 1 aliphatic carbocycles. The molecule has 104 valence electrons. The van der Waals surface area contributed by atoms with Crippen molar-refractivity contribution >= 4 is 15.9 Å². The number of hydrogen-bond acceptors (Lipinski definition) is 3.